The Morgan fingerprint density at radius 3 is 2.67 bits per heavy atom. The molecule has 1 aliphatic carbocycles. The lowest BCUT2D eigenvalue weighted by molar-refractivity contribution is 0.0867. The number of benzene rings is 1. The third-order valence-corrected chi connectivity index (χ3v) is 4.85. The molecule has 0 fully saturated rings. The molecule has 3 rings (SSSR count). The van der Waals surface area contributed by atoms with Gasteiger partial charge in [-0.1, -0.05) is 18.2 Å². The van der Waals surface area contributed by atoms with Gasteiger partial charge in [0.1, 0.15) is 12.5 Å². The molecule has 1 heterocycles. The SMILES string of the molecule is Cc1cc(O)ccc1-c1c(C)c(=O)n(COCC2=CC=CCC2)c(=O)n1C. The van der Waals surface area contributed by atoms with Crippen LogP contribution in [-0.4, -0.2) is 20.8 Å². The number of aryl methyl sites for hydroxylation is 1. The van der Waals surface area contributed by atoms with E-state index in [1.807, 2.05) is 19.1 Å². The summed E-state index contributed by atoms with van der Waals surface area (Å²) in [5.41, 5.74) is 2.92. The van der Waals surface area contributed by atoms with Gasteiger partial charge in [0.2, 0.25) is 0 Å². The van der Waals surface area contributed by atoms with Crippen molar-refractivity contribution < 1.29 is 9.84 Å². The maximum atomic E-state index is 12.8. The van der Waals surface area contributed by atoms with Crippen LogP contribution >= 0.6 is 0 Å². The first-order valence-electron chi connectivity index (χ1n) is 8.93. The molecule has 6 nitrogen and oxygen atoms in total. The predicted octanol–water partition coefficient (Wildman–Crippen LogP) is 2.79. The zero-order valence-electron chi connectivity index (χ0n) is 15.9. The summed E-state index contributed by atoms with van der Waals surface area (Å²) in [5, 5.41) is 9.62. The van der Waals surface area contributed by atoms with Gasteiger partial charge in [0, 0.05) is 18.2 Å². The molecule has 0 saturated carbocycles. The lowest BCUT2D eigenvalue weighted by atomic mass is 10.0. The smallest absolute Gasteiger partial charge is 0.333 e. The number of nitrogens with zero attached hydrogens (tertiary/aromatic N) is 2. The molecular formula is C21H24N2O4. The summed E-state index contributed by atoms with van der Waals surface area (Å²) in [5.74, 6) is 0.146. The monoisotopic (exact) mass is 368 g/mol. The zero-order chi connectivity index (χ0) is 19.6. The molecule has 0 saturated heterocycles. The second-order valence-corrected chi connectivity index (χ2v) is 6.82. The third kappa shape index (κ3) is 3.80. The topological polar surface area (TPSA) is 73.5 Å². The number of rotatable bonds is 5. The minimum Gasteiger partial charge on any atom is -0.508 e. The van der Waals surface area contributed by atoms with Crippen LogP contribution in [0.3, 0.4) is 0 Å². The first kappa shape index (κ1) is 18.9. The summed E-state index contributed by atoms with van der Waals surface area (Å²) in [6.45, 7) is 3.86. The predicted molar refractivity (Wildman–Crippen MR) is 105 cm³/mol. The van der Waals surface area contributed by atoms with E-state index in [0.29, 0.717) is 17.9 Å². The van der Waals surface area contributed by atoms with Crippen molar-refractivity contribution in [2.24, 2.45) is 7.05 Å². The van der Waals surface area contributed by atoms with Crippen LogP contribution in [-0.2, 0) is 18.5 Å². The Hall–Kier alpha value is -2.86. The normalized spacial score (nSPS) is 13.7. The number of hydrogen-bond donors (Lipinski definition) is 1. The van der Waals surface area contributed by atoms with Crippen molar-refractivity contribution in [3.63, 3.8) is 0 Å². The average Bonchev–Trinajstić information content (AvgIpc) is 2.65. The standard InChI is InChI=1S/C21H24N2O4/c1-14-11-17(24)9-10-18(14)19-15(2)20(25)23(21(26)22(19)3)13-27-12-16-7-5-4-6-8-16/h4-5,7,9-11,24H,6,8,12-13H2,1-3H3. The Kier molecular flexibility index (Phi) is 5.46. The first-order chi connectivity index (χ1) is 12.9. The average molecular weight is 368 g/mol. The van der Waals surface area contributed by atoms with Crippen LogP contribution in [0.15, 0.2) is 51.6 Å². The molecule has 0 atom stereocenters. The van der Waals surface area contributed by atoms with Crippen LogP contribution in [0.4, 0.5) is 0 Å². The van der Waals surface area contributed by atoms with Gasteiger partial charge >= 0.3 is 5.69 Å². The molecule has 0 amide bonds. The molecule has 1 aliphatic rings. The summed E-state index contributed by atoms with van der Waals surface area (Å²) in [7, 11) is 1.64. The molecule has 2 aromatic rings. The second-order valence-electron chi connectivity index (χ2n) is 6.82. The molecule has 1 aromatic carbocycles. The summed E-state index contributed by atoms with van der Waals surface area (Å²) in [4.78, 5) is 25.6. The zero-order valence-corrected chi connectivity index (χ0v) is 15.9. The van der Waals surface area contributed by atoms with Crippen molar-refractivity contribution >= 4 is 0 Å². The molecule has 0 aliphatic heterocycles. The van der Waals surface area contributed by atoms with Gasteiger partial charge in [0.05, 0.1) is 12.3 Å². The highest BCUT2D eigenvalue weighted by atomic mass is 16.5. The van der Waals surface area contributed by atoms with E-state index in [2.05, 4.69) is 6.08 Å². The Bertz CT molecular complexity index is 1000. The quantitative estimate of drug-likeness (QED) is 0.881. The molecule has 0 spiro atoms. The van der Waals surface area contributed by atoms with Crippen molar-refractivity contribution in [1.29, 1.82) is 0 Å². The van der Waals surface area contributed by atoms with Crippen molar-refractivity contribution in [3.05, 3.63) is 74.0 Å². The fourth-order valence-corrected chi connectivity index (χ4v) is 3.37. The number of aromatic hydroxyl groups is 1. The minimum atomic E-state index is -0.425. The number of allylic oxidation sites excluding steroid dienone is 3. The Labute approximate surface area is 157 Å². The lowest BCUT2D eigenvalue weighted by Crippen LogP contribution is -2.41. The van der Waals surface area contributed by atoms with E-state index in [1.54, 1.807) is 32.2 Å². The van der Waals surface area contributed by atoms with Gasteiger partial charge < -0.3 is 9.84 Å². The number of phenolic OH excluding ortho intramolecular Hbond substituents is 1. The van der Waals surface area contributed by atoms with Gasteiger partial charge in [-0.3, -0.25) is 9.36 Å². The van der Waals surface area contributed by atoms with Crippen LogP contribution in [0.5, 0.6) is 5.75 Å². The summed E-state index contributed by atoms with van der Waals surface area (Å²) in [6.07, 6.45) is 8.01. The maximum absolute atomic E-state index is 12.8. The Morgan fingerprint density at radius 2 is 2.00 bits per heavy atom. The highest BCUT2D eigenvalue weighted by Crippen LogP contribution is 2.26. The van der Waals surface area contributed by atoms with Crippen molar-refractivity contribution in [2.75, 3.05) is 6.61 Å². The van der Waals surface area contributed by atoms with Gasteiger partial charge in [-0.15, -0.1) is 0 Å². The number of phenols is 1. The van der Waals surface area contributed by atoms with Gasteiger partial charge in [-0.05, 0) is 56.0 Å². The van der Waals surface area contributed by atoms with Gasteiger partial charge in [0.15, 0.2) is 0 Å². The number of aromatic nitrogens is 2. The van der Waals surface area contributed by atoms with Crippen LogP contribution in [0.1, 0.15) is 24.0 Å². The lowest BCUT2D eigenvalue weighted by Gasteiger charge is -2.17. The van der Waals surface area contributed by atoms with E-state index in [4.69, 9.17) is 4.74 Å². The van der Waals surface area contributed by atoms with E-state index >= 15 is 0 Å². The van der Waals surface area contributed by atoms with E-state index in [-0.39, 0.29) is 18.0 Å². The van der Waals surface area contributed by atoms with Gasteiger partial charge in [-0.25, -0.2) is 9.36 Å². The molecule has 0 unspecified atom stereocenters. The summed E-state index contributed by atoms with van der Waals surface area (Å²) >= 11 is 0. The van der Waals surface area contributed by atoms with Crippen LogP contribution in [0, 0.1) is 13.8 Å². The van der Waals surface area contributed by atoms with Crippen LogP contribution in [0.2, 0.25) is 0 Å². The Balaban J connectivity index is 1.94. The summed E-state index contributed by atoms with van der Waals surface area (Å²) in [6, 6.07) is 4.88. The number of hydrogen-bond acceptors (Lipinski definition) is 4. The molecule has 1 N–H and O–H groups in total. The maximum Gasteiger partial charge on any atom is 0.333 e. The molecule has 27 heavy (non-hydrogen) atoms. The highest BCUT2D eigenvalue weighted by molar-refractivity contribution is 5.67. The fourth-order valence-electron chi connectivity index (χ4n) is 3.37. The molecule has 6 heteroatoms. The molecule has 0 bridgehead atoms. The molecular weight excluding hydrogens is 344 g/mol. The van der Waals surface area contributed by atoms with Gasteiger partial charge in [-0.2, -0.15) is 0 Å². The van der Waals surface area contributed by atoms with Crippen LogP contribution in [0.25, 0.3) is 11.3 Å². The fraction of sp³-hybridized carbons (Fsp3) is 0.333. The first-order valence-corrected chi connectivity index (χ1v) is 8.93. The van der Waals surface area contributed by atoms with Gasteiger partial charge in [0.25, 0.3) is 5.56 Å². The largest absolute Gasteiger partial charge is 0.508 e. The van der Waals surface area contributed by atoms with Crippen molar-refractivity contribution in [3.8, 4) is 17.0 Å². The second kappa shape index (κ2) is 7.80. The van der Waals surface area contributed by atoms with Crippen molar-refractivity contribution in [2.45, 2.75) is 33.4 Å². The molecule has 142 valence electrons. The minimum absolute atomic E-state index is 0.0811. The molecule has 1 aromatic heterocycles. The molecule has 0 radical (unpaired) electrons. The summed E-state index contributed by atoms with van der Waals surface area (Å²) < 4.78 is 8.21. The van der Waals surface area contributed by atoms with E-state index < -0.39 is 5.69 Å². The van der Waals surface area contributed by atoms with E-state index in [0.717, 1.165) is 34.1 Å². The van der Waals surface area contributed by atoms with Crippen molar-refractivity contribution in [1.82, 2.24) is 9.13 Å². The number of ether oxygens (including phenoxy) is 1. The highest BCUT2D eigenvalue weighted by Gasteiger charge is 2.17. The van der Waals surface area contributed by atoms with E-state index in [9.17, 15) is 14.7 Å². The van der Waals surface area contributed by atoms with E-state index in [1.165, 1.54) is 4.57 Å². The van der Waals surface area contributed by atoms with Crippen LogP contribution < -0.4 is 11.2 Å². The Morgan fingerprint density at radius 1 is 1.22 bits per heavy atom. The third-order valence-electron chi connectivity index (χ3n) is 4.85.